The van der Waals surface area contributed by atoms with Gasteiger partial charge in [0.1, 0.15) is 11.4 Å². The van der Waals surface area contributed by atoms with E-state index >= 15 is 0 Å². The molecule has 0 aliphatic carbocycles. The Bertz CT molecular complexity index is 843. The van der Waals surface area contributed by atoms with Crippen LogP contribution in [0.1, 0.15) is 46.6 Å². The van der Waals surface area contributed by atoms with Crippen LogP contribution < -0.4 is 4.74 Å². The Morgan fingerprint density at radius 1 is 1.42 bits per heavy atom. The highest BCUT2D eigenvalue weighted by Crippen LogP contribution is 2.33. The van der Waals surface area contributed by atoms with Crippen LogP contribution in [0.3, 0.4) is 0 Å². The first-order valence-electron chi connectivity index (χ1n) is 10.8. The number of rotatable bonds is 9. The Morgan fingerprint density at radius 3 is 2.77 bits per heavy atom. The van der Waals surface area contributed by atoms with Crippen LogP contribution in [-0.2, 0) is 16.0 Å². The fourth-order valence-electron chi connectivity index (χ4n) is 3.34. The van der Waals surface area contributed by atoms with Crippen molar-refractivity contribution < 1.29 is 14.3 Å². The zero-order valence-electron chi connectivity index (χ0n) is 19.7. The van der Waals surface area contributed by atoms with Gasteiger partial charge in [-0.25, -0.2) is 0 Å². The third-order valence-electron chi connectivity index (χ3n) is 4.89. The molecule has 0 bridgehead atoms. The van der Waals surface area contributed by atoms with Crippen molar-refractivity contribution in [3.8, 4) is 5.75 Å². The van der Waals surface area contributed by atoms with Gasteiger partial charge in [-0.05, 0) is 56.9 Å². The predicted molar refractivity (Wildman–Crippen MR) is 130 cm³/mol. The first-order chi connectivity index (χ1) is 14.6. The summed E-state index contributed by atoms with van der Waals surface area (Å²) in [5.74, 6) is 0.832. The van der Waals surface area contributed by atoms with Crippen molar-refractivity contribution in [3.05, 3.63) is 47.7 Å². The summed E-state index contributed by atoms with van der Waals surface area (Å²) in [5, 5.41) is 0.492. The molecular weight excluding hydrogens is 408 g/mol. The molecule has 1 aliphatic rings. The van der Waals surface area contributed by atoms with Gasteiger partial charge in [0.2, 0.25) is 0 Å². The van der Waals surface area contributed by atoms with Crippen LogP contribution in [-0.4, -0.2) is 54.7 Å². The number of morpholine rings is 1. The van der Waals surface area contributed by atoms with Crippen LogP contribution in [0.5, 0.6) is 5.75 Å². The Balaban J connectivity index is 2.17. The maximum absolute atomic E-state index is 13.3. The van der Waals surface area contributed by atoms with E-state index in [-0.39, 0.29) is 11.4 Å². The summed E-state index contributed by atoms with van der Waals surface area (Å²) in [4.78, 5) is 20.7. The topological polar surface area (TPSA) is 51.1 Å². The van der Waals surface area contributed by atoms with Crippen LogP contribution >= 0.6 is 11.8 Å². The molecule has 1 amide bonds. The lowest BCUT2D eigenvalue weighted by Gasteiger charge is -2.42. The van der Waals surface area contributed by atoms with Crippen molar-refractivity contribution in [1.29, 1.82) is 0 Å². The minimum atomic E-state index is -0.357. The van der Waals surface area contributed by atoms with Crippen LogP contribution in [0.25, 0.3) is 0 Å². The number of carbonyl (C=O) groups is 1. The number of aliphatic imine (C=N–C) groups is 1. The van der Waals surface area contributed by atoms with Gasteiger partial charge in [0.25, 0.3) is 5.91 Å². The first kappa shape index (κ1) is 25.2. The normalized spacial score (nSPS) is 16.7. The average Bonchev–Trinajstić information content (AvgIpc) is 2.70. The molecule has 2 rings (SSSR count). The lowest BCUT2D eigenvalue weighted by molar-refractivity contribution is -0.142. The molecule has 0 aromatic heterocycles. The summed E-state index contributed by atoms with van der Waals surface area (Å²) in [6.07, 6.45) is 5.09. The van der Waals surface area contributed by atoms with Gasteiger partial charge in [-0.3, -0.25) is 9.79 Å². The molecule has 1 aromatic carbocycles. The third-order valence-corrected chi connectivity index (χ3v) is 5.96. The summed E-state index contributed by atoms with van der Waals surface area (Å²) in [6.45, 7) is 15.8. The van der Waals surface area contributed by atoms with E-state index in [0.29, 0.717) is 37.1 Å². The molecule has 5 nitrogen and oxygen atoms in total. The summed E-state index contributed by atoms with van der Waals surface area (Å²) < 4.78 is 11.1. The van der Waals surface area contributed by atoms with Gasteiger partial charge in [-0.2, -0.15) is 0 Å². The van der Waals surface area contributed by atoms with E-state index in [2.05, 4.69) is 43.6 Å². The van der Waals surface area contributed by atoms with Crippen LogP contribution in [0.4, 0.5) is 0 Å². The maximum atomic E-state index is 13.3. The van der Waals surface area contributed by atoms with Gasteiger partial charge >= 0.3 is 0 Å². The number of hydrogen-bond acceptors (Lipinski definition) is 5. The summed E-state index contributed by atoms with van der Waals surface area (Å²) in [5.41, 5.74) is 2.08. The number of allylic oxidation sites excluding steroid dienone is 2. The highest BCUT2D eigenvalue weighted by Gasteiger charge is 2.35. The van der Waals surface area contributed by atoms with E-state index in [4.69, 9.17) is 9.47 Å². The molecule has 170 valence electrons. The number of hydrogen-bond donors (Lipinski definition) is 0. The quantitative estimate of drug-likeness (QED) is 0.295. The largest absolute Gasteiger partial charge is 0.496 e. The Kier molecular flexibility index (Phi) is 9.38. The molecular formula is C25H36N2O3S. The summed E-state index contributed by atoms with van der Waals surface area (Å²) >= 11 is 1.79. The number of aryl methyl sites for hydroxylation is 1. The molecule has 0 spiro atoms. The number of ether oxygens (including phenoxy) is 2. The lowest BCUT2D eigenvalue weighted by Crippen LogP contribution is -2.55. The van der Waals surface area contributed by atoms with Crippen molar-refractivity contribution in [2.24, 2.45) is 4.99 Å². The molecule has 6 heteroatoms. The average molecular weight is 445 g/mol. The fourth-order valence-corrected chi connectivity index (χ4v) is 4.26. The predicted octanol–water partition coefficient (Wildman–Crippen LogP) is 5.30. The van der Waals surface area contributed by atoms with E-state index in [1.54, 1.807) is 25.1 Å². The summed E-state index contributed by atoms with van der Waals surface area (Å²) in [6, 6.07) is 6.33. The molecule has 0 saturated carbocycles. The van der Waals surface area contributed by atoms with Gasteiger partial charge in [0, 0.05) is 22.9 Å². The smallest absolute Gasteiger partial charge is 0.272 e. The molecule has 0 unspecified atom stereocenters. The van der Waals surface area contributed by atoms with Crippen molar-refractivity contribution in [1.82, 2.24) is 4.90 Å². The maximum Gasteiger partial charge on any atom is 0.272 e. The fraction of sp³-hybridized carbons (Fsp3) is 0.520. The van der Waals surface area contributed by atoms with E-state index in [1.165, 1.54) is 5.56 Å². The Hall–Kier alpha value is -2.05. The molecule has 1 aromatic rings. The Labute approximate surface area is 191 Å². The lowest BCUT2D eigenvalue weighted by atomic mass is 10.0. The minimum absolute atomic E-state index is 0.0629. The van der Waals surface area contributed by atoms with Gasteiger partial charge in [0.05, 0.1) is 25.9 Å². The first-order valence-corrected chi connectivity index (χ1v) is 11.6. The van der Waals surface area contributed by atoms with Gasteiger partial charge in [-0.15, -0.1) is 11.8 Å². The number of methoxy groups -OCH3 is 1. The van der Waals surface area contributed by atoms with Crippen molar-refractivity contribution in [3.63, 3.8) is 0 Å². The van der Waals surface area contributed by atoms with Crippen molar-refractivity contribution in [2.75, 3.05) is 26.9 Å². The van der Waals surface area contributed by atoms with E-state index in [9.17, 15) is 4.79 Å². The number of nitrogens with zero attached hydrogens (tertiary/aromatic N) is 2. The van der Waals surface area contributed by atoms with Crippen molar-refractivity contribution >= 4 is 23.9 Å². The van der Waals surface area contributed by atoms with Gasteiger partial charge in [-0.1, -0.05) is 32.6 Å². The van der Waals surface area contributed by atoms with Crippen molar-refractivity contribution in [2.45, 2.75) is 63.1 Å². The highest BCUT2D eigenvalue weighted by molar-refractivity contribution is 8.00. The number of benzene rings is 1. The van der Waals surface area contributed by atoms with E-state index in [1.807, 2.05) is 31.7 Å². The molecule has 1 saturated heterocycles. The molecule has 0 atom stereocenters. The molecule has 1 aliphatic heterocycles. The SMILES string of the molecule is C=C(C)C=N/C(=C/CCc1ccc(SC(C)C)c(OC)c1)C(=O)N1CCOCC1(C)C. The monoisotopic (exact) mass is 444 g/mol. The zero-order valence-corrected chi connectivity index (χ0v) is 20.6. The zero-order chi connectivity index (χ0) is 23.0. The minimum Gasteiger partial charge on any atom is -0.496 e. The standard InChI is InChI=1S/C25H36N2O3S/c1-18(2)16-26-21(24(28)27-13-14-30-17-25(27,5)6)10-8-9-20-11-12-23(31-19(3)4)22(15-20)29-7/h10-12,15-16,19H,1,8-9,13-14,17H2,2-7H3/b21-10+,26-16?. The second-order valence-corrected chi connectivity index (χ2v) is 10.3. The van der Waals surface area contributed by atoms with E-state index < -0.39 is 0 Å². The second-order valence-electron chi connectivity index (χ2n) is 8.71. The van der Waals surface area contributed by atoms with E-state index in [0.717, 1.165) is 22.6 Å². The second kappa shape index (κ2) is 11.5. The molecule has 31 heavy (non-hydrogen) atoms. The number of thioether (sulfide) groups is 1. The number of carbonyl (C=O) groups excluding carboxylic acids is 1. The molecule has 0 N–H and O–H groups in total. The summed E-state index contributed by atoms with van der Waals surface area (Å²) in [7, 11) is 1.70. The van der Waals surface area contributed by atoms with Crippen LogP contribution in [0.2, 0.25) is 0 Å². The van der Waals surface area contributed by atoms with Crippen LogP contribution in [0, 0.1) is 0 Å². The highest BCUT2D eigenvalue weighted by atomic mass is 32.2. The van der Waals surface area contributed by atoms with Crippen LogP contribution in [0.15, 0.2) is 52.0 Å². The molecule has 1 heterocycles. The Morgan fingerprint density at radius 2 is 2.16 bits per heavy atom. The molecule has 1 fully saturated rings. The molecule has 0 radical (unpaired) electrons. The van der Waals surface area contributed by atoms with Gasteiger partial charge < -0.3 is 14.4 Å². The van der Waals surface area contributed by atoms with Gasteiger partial charge in [0.15, 0.2) is 0 Å². The number of amides is 1. The third kappa shape index (κ3) is 7.54.